The van der Waals surface area contributed by atoms with Crippen LogP contribution in [-0.4, -0.2) is 30.4 Å². The fraction of sp³-hybridized carbons (Fsp3) is 0.929. The molecule has 2 N–H and O–H groups in total. The van der Waals surface area contributed by atoms with Crippen LogP contribution in [0.15, 0.2) is 0 Å². The lowest BCUT2D eigenvalue weighted by atomic mass is 9.96. The van der Waals surface area contributed by atoms with Gasteiger partial charge in [0.05, 0.1) is 0 Å². The molecule has 0 spiro atoms. The van der Waals surface area contributed by atoms with E-state index in [9.17, 15) is 4.79 Å². The molecule has 0 aromatic rings. The van der Waals surface area contributed by atoms with Gasteiger partial charge in [0, 0.05) is 19.0 Å². The summed E-state index contributed by atoms with van der Waals surface area (Å²) in [5.41, 5.74) is 5.61. The number of hydrogen-bond acceptors (Lipinski definition) is 2. The molecule has 3 nitrogen and oxygen atoms in total. The van der Waals surface area contributed by atoms with Crippen molar-refractivity contribution in [2.24, 2.45) is 11.7 Å². The highest BCUT2D eigenvalue weighted by atomic mass is 16.2. The van der Waals surface area contributed by atoms with Crippen molar-refractivity contribution in [1.82, 2.24) is 4.90 Å². The second-order valence-electron chi connectivity index (χ2n) is 4.63. The third kappa shape index (κ3) is 6.67. The standard InChI is InChI=1S/C14H30N2O/c1-4-7-8-9-10-13(11-12-15)14(17)16(5-2)6-3/h13H,4-12,15H2,1-3H3. The monoisotopic (exact) mass is 242 g/mol. The Morgan fingerprint density at radius 3 is 2.18 bits per heavy atom. The molecule has 0 aliphatic heterocycles. The van der Waals surface area contributed by atoms with Gasteiger partial charge in [0.1, 0.15) is 0 Å². The van der Waals surface area contributed by atoms with Gasteiger partial charge in [0.25, 0.3) is 0 Å². The maximum absolute atomic E-state index is 12.2. The zero-order chi connectivity index (χ0) is 13.1. The molecule has 0 heterocycles. The molecule has 0 aliphatic carbocycles. The van der Waals surface area contributed by atoms with Crippen LogP contribution in [0.1, 0.15) is 59.3 Å². The molecule has 0 bridgehead atoms. The average molecular weight is 242 g/mol. The summed E-state index contributed by atoms with van der Waals surface area (Å²) in [5, 5.41) is 0. The molecule has 17 heavy (non-hydrogen) atoms. The van der Waals surface area contributed by atoms with Crippen molar-refractivity contribution in [2.45, 2.75) is 59.3 Å². The first kappa shape index (κ1) is 16.4. The maximum atomic E-state index is 12.2. The zero-order valence-electron chi connectivity index (χ0n) is 11.9. The second-order valence-corrected chi connectivity index (χ2v) is 4.63. The van der Waals surface area contributed by atoms with E-state index in [2.05, 4.69) is 6.92 Å². The third-order valence-corrected chi connectivity index (χ3v) is 3.35. The third-order valence-electron chi connectivity index (χ3n) is 3.35. The Balaban J connectivity index is 4.14. The van der Waals surface area contributed by atoms with E-state index in [1.165, 1.54) is 19.3 Å². The molecule has 3 heteroatoms. The summed E-state index contributed by atoms with van der Waals surface area (Å²) in [6.45, 7) is 8.52. The Morgan fingerprint density at radius 2 is 1.71 bits per heavy atom. The van der Waals surface area contributed by atoms with Gasteiger partial charge in [-0.1, -0.05) is 32.6 Å². The normalized spacial score (nSPS) is 12.5. The van der Waals surface area contributed by atoms with Crippen molar-refractivity contribution in [3.05, 3.63) is 0 Å². The lowest BCUT2D eigenvalue weighted by molar-refractivity contribution is -0.135. The van der Waals surface area contributed by atoms with E-state index in [4.69, 9.17) is 5.73 Å². The van der Waals surface area contributed by atoms with Crippen LogP contribution in [0, 0.1) is 5.92 Å². The van der Waals surface area contributed by atoms with Crippen LogP contribution in [0.25, 0.3) is 0 Å². The number of carbonyl (C=O) groups is 1. The van der Waals surface area contributed by atoms with Gasteiger partial charge in [-0.25, -0.2) is 0 Å². The summed E-state index contributed by atoms with van der Waals surface area (Å²) in [6, 6.07) is 0. The minimum absolute atomic E-state index is 0.150. The summed E-state index contributed by atoms with van der Waals surface area (Å²) >= 11 is 0. The van der Waals surface area contributed by atoms with Gasteiger partial charge >= 0.3 is 0 Å². The summed E-state index contributed by atoms with van der Waals surface area (Å²) < 4.78 is 0. The minimum Gasteiger partial charge on any atom is -0.343 e. The fourth-order valence-corrected chi connectivity index (χ4v) is 2.20. The Bertz CT molecular complexity index is 191. The van der Waals surface area contributed by atoms with Gasteiger partial charge in [-0.15, -0.1) is 0 Å². The second kappa shape index (κ2) is 10.6. The Morgan fingerprint density at radius 1 is 1.06 bits per heavy atom. The molecule has 1 unspecified atom stereocenters. The largest absolute Gasteiger partial charge is 0.343 e. The van der Waals surface area contributed by atoms with Gasteiger partial charge in [-0.05, 0) is 33.2 Å². The van der Waals surface area contributed by atoms with Crippen molar-refractivity contribution in [1.29, 1.82) is 0 Å². The van der Waals surface area contributed by atoms with E-state index in [0.717, 1.165) is 32.4 Å². The lowest BCUT2D eigenvalue weighted by Gasteiger charge is -2.25. The van der Waals surface area contributed by atoms with Crippen LogP contribution >= 0.6 is 0 Å². The number of unbranched alkanes of at least 4 members (excludes halogenated alkanes) is 3. The molecule has 0 saturated heterocycles. The Hall–Kier alpha value is -0.570. The number of nitrogens with two attached hydrogens (primary N) is 1. The summed E-state index contributed by atoms with van der Waals surface area (Å²) in [7, 11) is 0. The van der Waals surface area contributed by atoms with Crippen LogP contribution in [0.5, 0.6) is 0 Å². The molecule has 0 radical (unpaired) electrons. The molecule has 0 aliphatic rings. The van der Waals surface area contributed by atoms with Crippen molar-refractivity contribution >= 4 is 5.91 Å². The fourth-order valence-electron chi connectivity index (χ4n) is 2.20. The summed E-state index contributed by atoms with van der Waals surface area (Å²) in [5.74, 6) is 0.453. The molecular formula is C14H30N2O. The molecule has 0 fully saturated rings. The maximum Gasteiger partial charge on any atom is 0.225 e. The van der Waals surface area contributed by atoms with E-state index in [1.54, 1.807) is 0 Å². The van der Waals surface area contributed by atoms with Crippen molar-refractivity contribution in [2.75, 3.05) is 19.6 Å². The zero-order valence-corrected chi connectivity index (χ0v) is 11.9. The smallest absolute Gasteiger partial charge is 0.225 e. The van der Waals surface area contributed by atoms with E-state index in [0.29, 0.717) is 12.5 Å². The van der Waals surface area contributed by atoms with E-state index in [1.807, 2.05) is 18.7 Å². The van der Waals surface area contributed by atoms with Gasteiger partial charge in [0.2, 0.25) is 5.91 Å². The predicted molar refractivity (Wildman–Crippen MR) is 73.8 cm³/mol. The van der Waals surface area contributed by atoms with Gasteiger partial charge in [0.15, 0.2) is 0 Å². The molecule has 0 saturated carbocycles. The van der Waals surface area contributed by atoms with Crippen LogP contribution < -0.4 is 5.73 Å². The molecule has 1 amide bonds. The Kier molecular flexibility index (Phi) is 10.2. The first-order valence-electron chi connectivity index (χ1n) is 7.19. The molecule has 1 atom stereocenters. The Labute approximate surface area is 107 Å². The first-order chi connectivity index (χ1) is 8.21. The van der Waals surface area contributed by atoms with Crippen molar-refractivity contribution in [3.63, 3.8) is 0 Å². The van der Waals surface area contributed by atoms with Crippen molar-refractivity contribution < 1.29 is 4.79 Å². The predicted octanol–water partition coefficient (Wildman–Crippen LogP) is 2.79. The van der Waals surface area contributed by atoms with Crippen LogP contribution in [0.2, 0.25) is 0 Å². The van der Waals surface area contributed by atoms with Crippen molar-refractivity contribution in [3.8, 4) is 0 Å². The average Bonchev–Trinajstić information content (AvgIpc) is 2.34. The minimum atomic E-state index is 0.150. The quantitative estimate of drug-likeness (QED) is 0.599. The molecule has 0 aromatic heterocycles. The van der Waals surface area contributed by atoms with E-state index < -0.39 is 0 Å². The SMILES string of the molecule is CCCCCCC(CCN)C(=O)N(CC)CC. The molecular weight excluding hydrogens is 212 g/mol. The molecule has 0 rings (SSSR count). The lowest BCUT2D eigenvalue weighted by Crippen LogP contribution is -2.36. The number of rotatable bonds is 10. The number of amides is 1. The summed E-state index contributed by atoms with van der Waals surface area (Å²) in [4.78, 5) is 14.2. The first-order valence-corrected chi connectivity index (χ1v) is 7.19. The van der Waals surface area contributed by atoms with Crippen LogP contribution in [0.3, 0.4) is 0 Å². The number of hydrogen-bond donors (Lipinski definition) is 1. The summed E-state index contributed by atoms with van der Waals surface area (Å²) in [6.07, 6.45) is 6.75. The number of nitrogens with zero attached hydrogens (tertiary/aromatic N) is 1. The van der Waals surface area contributed by atoms with E-state index >= 15 is 0 Å². The van der Waals surface area contributed by atoms with Crippen LogP contribution in [-0.2, 0) is 4.79 Å². The molecule has 102 valence electrons. The topological polar surface area (TPSA) is 46.3 Å². The van der Waals surface area contributed by atoms with E-state index in [-0.39, 0.29) is 5.92 Å². The van der Waals surface area contributed by atoms with Gasteiger partial charge in [-0.3, -0.25) is 4.79 Å². The van der Waals surface area contributed by atoms with Crippen LogP contribution in [0.4, 0.5) is 0 Å². The number of carbonyl (C=O) groups excluding carboxylic acids is 1. The molecule has 0 aromatic carbocycles. The van der Waals surface area contributed by atoms with Gasteiger partial charge in [-0.2, -0.15) is 0 Å². The highest BCUT2D eigenvalue weighted by molar-refractivity contribution is 5.78. The highest BCUT2D eigenvalue weighted by Gasteiger charge is 2.21. The highest BCUT2D eigenvalue weighted by Crippen LogP contribution is 2.17. The van der Waals surface area contributed by atoms with Gasteiger partial charge < -0.3 is 10.6 Å².